The molecule has 1 aromatic rings. The molecule has 4 heteroatoms. The highest BCUT2D eigenvalue weighted by atomic mass is 16.5. The lowest BCUT2D eigenvalue weighted by atomic mass is 10.0. The number of methoxy groups -OCH3 is 1. The van der Waals surface area contributed by atoms with Crippen LogP contribution < -0.4 is 5.32 Å². The van der Waals surface area contributed by atoms with Crippen LogP contribution in [0.5, 0.6) is 0 Å². The Balaban J connectivity index is 2.31. The van der Waals surface area contributed by atoms with E-state index in [4.69, 9.17) is 4.74 Å². The van der Waals surface area contributed by atoms with Gasteiger partial charge in [0.15, 0.2) is 0 Å². The first-order valence-corrected chi connectivity index (χ1v) is 5.43. The normalized spacial score (nSPS) is 13.3. The van der Waals surface area contributed by atoms with Gasteiger partial charge < -0.3 is 15.0 Å². The van der Waals surface area contributed by atoms with E-state index in [9.17, 15) is 0 Å². The number of H-pyrrole nitrogens is 1. The molecule has 0 bridgehead atoms. The third-order valence-corrected chi connectivity index (χ3v) is 2.55. The van der Waals surface area contributed by atoms with Gasteiger partial charge in [-0.2, -0.15) is 0 Å². The number of rotatable bonds is 7. The van der Waals surface area contributed by atoms with E-state index >= 15 is 0 Å². The monoisotopic (exact) mass is 211 g/mol. The van der Waals surface area contributed by atoms with Crippen LogP contribution >= 0.6 is 0 Å². The van der Waals surface area contributed by atoms with Crippen molar-refractivity contribution in [3.63, 3.8) is 0 Å². The molecule has 0 aliphatic rings. The fourth-order valence-electron chi connectivity index (χ4n) is 1.54. The van der Waals surface area contributed by atoms with Gasteiger partial charge in [-0.15, -0.1) is 0 Å². The topological polar surface area (TPSA) is 49.9 Å². The first kappa shape index (κ1) is 12.2. The maximum atomic E-state index is 5.10. The molecular formula is C11H21N3O. The molecule has 0 spiro atoms. The molecule has 0 amide bonds. The lowest BCUT2D eigenvalue weighted by Gasteiger charge is -2.21. The summed E-state index contributed by atoms with van der Waals surface area (Å²) in [5, 5.41) is 3.51. The van der Waals surface area contributed by atoms with Gasteiger partial charge in [0.25, 0.3) is 0 Å². The number of nitrogens with one attached hydrogen (secondary N) is 2. The van der Waals surface area contributed by atoms with Crippen LogP contribution in [0.4, 0.5) is 0 Å². The largest absolute Gasteiger partial charge is 0.385 e. The second kappa shape index (κ2) is 6.58. The molecule has 15 heavy (non-hydrogen) atoms. The molecule has 1 unspecified atom stereocenters. The summed E-state index contributed by atoms with van der Waals surface area (Å²) in [6, 6.07) is 0.494. The summed E-state index contributed by atoms with van der Waals surface area (Å²) < 4.78 is 5.10. The molecule has 86 valence electrons. The third-order valence-electron chi connectivity index (χ3n) is 2.55. The number of hydrogen-bond acceptors (Lipinski definition) is 3. The third kappa shape index (κ3) is 4.44. The Morgan fingerprint density at radius 2 is 2.33 bits per heavy atom. The lowest BCUT2D eigenvalue weighted by molar-refractivity contribution is 0.173. The minimum absolute atomic E-state index is 0.494. The van der Waals surface area contributed by atoms with E-state index in [1.54, 1.807) is 13.4 Å². The number of nitrogens with zero attached hydrogens (tertiary/aromatic N) is 1. The molecule has 0 aromatic carbocycles. The zero-order valence-corrected chi connectivity index (χ0v) is 9.79. The summed E-state index contributed by atoms with van der Waals surface area (Å²) in [4.78, 5) is 7.07. The van der Waals surface area contributed by atoms with Crippen molar-refractivity contribution in [2.45, 2.75) is 32.9 Å². The number of hydrogen-bond donors (Lipinski definition) is 2. The summed E-state index contributed by atoms with van der Waals surface area (Å²) in [7, 11) is 1.74. The number of aromatic amines is 1. The van der Waals surface area contributed by atoms with Crippen LogP contribution in [-0.2, 0) is 11.3 Å². The smallest absolute Gasteiger partial charge is 0.0922 e. The fourth-order valence-corrected chi connectivity index (χ4v) is 1.54. The first-order chi connectivity index (χ1) is 7.24. The molecule has 0 saturated carbocycles. The van der Waals surface area contributed by atoms with E-state index in [1.165, 1.54) is 0 Å². The molecule has 0 aliphatic heterocycles. The van der Waals surface area contributed by atoms with E-state index in [2.05, 4.69) is 29.1 Å². The minimum Gasteiger partial charge on any atom is -0.385 e. The molecular weight excluding hydrogens is 190 g/mol. The van der Waals surface area contributed by atoms with Crippen molar-refractivity contribution < 1.29 is 4.74 Å². The van der Waals surface area contributed by atoms with Gasteiger partial charge >= 0.3 is 0 Å². The summed E-state index contributed by atoms with van der Waals surface area (Å²) in [5.41, 5.74) is 1.12. The number of aromatic nitrogens is 2. The Kier molecular flexibility index (Phi) is 5.36. The Bertz CT molecular complexity index is 246. The van der Waals surface area contributed by atoms with E-state index in [1.807, 2.05) is 6.20 Å². The van der Waals surface area contributed by atoms with Gasteiger partial charge in [-0.05, 0) is 12.3 Å². The van der Waals surface area contributed by atoms with Gasteiger partial charge in [0, 0.05) is 38.2 Å². The second-order valence-corrected chi connectivity index (χ2v) is 4.09. The van der Waals surface area contributed by atoms with Crippen LogP contribution in [0.2, 0.25) is 0 Å². The lowest BCUT2D eigenvalue weighted by Crippen LogP contribution is -2.34. The van der Waals surface area contributed by atoms with Crippen molar-refractivity contribution in [1.82, 2.24) is 15.3 Å². The average Bonchev–Trinajstić information content (AvgIpc) is 2.70. The van der Waals surface area contributed by atoms with Crippen molar-refractivity contribution in [3.05, 3.63) is 18.2 Å². The van der Waals surface area contributed by atoms with Crippen molar-refractivity contribution >= 4 is 0 Å². The average molecular weight is 211 g/mol. The quantitative estimate of drug-likeness (QED) is 0.719. The van der Waals surface area contributed by atoms with Gasteiger partial charge in [-0.1, -0.05) is 13.8 Å². The zero-order chi connectivity index (χ0) is 11.1. The minimum atomic E-state index is 0.494. The van der Waals surface area contributed by atoms with Gasteiger partial charge in [0.1, 0.15) is 0 Å². The molecule has 0 fully saturated rings. The summed E-state index contributed by atoms with van der Waals surface area (Å²) >= 11 is 0. The second-order valence-electron chi connectivity index (χ2n) is 4.09. The Morgan fingerprint density at radius 3 is 2.87 bits per heavy atom. The van der Waals surface area contributed by atoms with Gasteiger partial charge in [0.2, 0.25) is 0 Å². The van der Waals surface area contributed by atoms with E-state index < -0.39 is 0 Å². The Labute approximate surface area is 91.4 Å². The van der Waals surface area contributed by atoms with Gasteiger partial charge in [0.05, 0.1) is 6.33 Å². The van der Waals surface area contributed by atoms with Crippen molar-refractivity contribution in [2.24, 2.45) is 5.92 Å². The SMILES string of the molecule is COCCC(NCc1cnc[nH]1)C(C)C. The number of imidazole rings is 1. The fraction of sp³-hybridized carbons (Fsp3) is 0.727. The van der Waals surface area contributed by atoms with E-state index in [-0.39, 0.29) is 0 Å². The summed E-state index contributed by atoms with van der Waals surface area (Å²) in [5.74, 6) is 0.614. The van der Waals surface area contributed by atoms with Crippen LogP contribution in [0.15, 0.2) is 12.5 Å². The highest BCUT2D eigenvalue weighted by Gasteiger charge is 2.12. The van der Waals surface area contributed by atoms with E-state index in [0.29, 0.717) is 12.0 Å². The van der Waals surface area contributed by atoms with Crippen LogP contribution in [0.3, 0.4) is 0 Å². The maximum absolute atomic E-state index is 5.10. The standard InChI is InChI=1S/C11H21N3O/c1-9(2)11(4-5-15-3)13-7-10-6-12-8-14-10/h6,8-9,11,13H,4-5,7H2,1-3H3,(H,12,14). The predicted octanol–water partition coefficient (Wildman–Crippen LogP) is 1.56. The van der Waals surface area contributed by atoms with Crippen molar-refractivity contribution in [2.75, 3.05) is 13.7 Å². The molecule has 0 radical (unpaired) electrons. The van der Waals surface area contributed by atoms with Crippen molar-refractivity contribution in [1.29, 1.82) is 0 Å². The zero-order valence-electron chi connectivity index (χ0n) is 9.79. The van der Waals surface area contributed by atoms with Crippen molar-refractivity contribution in [3.8, 4) is 0 Å². The molecule has 1 aromatic heterocycles. The van der Waals surface area contributed by atoms with Crippen LogP contribution in [-0.4, -0.2) is 29.7 Å². The Morgan fingerprint density at radius 1 is 1.53 bits per heavy atom. The molecule has 0 saturated heterocycles. The van der Waals surface area contributed by atoms with Crippen LogP contribution in [0.1, 0.15) is 26.0 Å². The molecule has 0 aliphatic carbocycles. The molecule has 1 heterocycles. The number of ether oxygens (including phenoxy) is 1. The molecule has 4 nitrogen and oxygen atoms in total. The predicted molar refractivity (Wildman–Crippen MR) is 60.5 cm³/mol. The van der Waals surface area contributed by atoms with Crippen LogP contribution in [0.25, 0.3) is 0 Å². The molecule has 1 rings (SSSR count). The molecule has 2 N–H and O–H groups in total. The summed E-state index contributed by atoms with van der Waals surface area (Å²) in [6.45, 7) is 6.09. The molecule has 1 atom stereocenters. The van der Waals surface area contributed by atoms with E-state index in [0.717, 1.165) is 25.3 Å². The first-order valence-electron chi connectivity index (χ1n) is 5.43. The highest BCUT2D eigenvalue weighted by Crippen LogP contribution is 2.07. The highest BCUT2D eigenvalue weighted by molar-refractivity contribution is 4.93. The van der Waals surface area contributed by atoms with Crippen LogP contribution in [0, 0.1) is 5.92 Å². The summed E-state index contributed by atoms with van der Waals surface area (Å²) in [6.07, 6.45) is 4.60. The maximum Gasteiger partial charge on any atom is 0.0922 e. The van der Waals surface area contributed by atoms with Gasteiger partial charge in [-0.3, -0.25) is 0 Å². The Hall–Kier alpha value is -0.870. The van der Waals surface area contributed by atoms with Gasteiger partial charge in [-0.25, -0.2) is 4.98 Å².